The van der Waals surface area contributed by atoms with Crippen molar-refractivity contribution in [2.24, 2.45) is 0 Å². The largest absolute Gasteiger partial charge is 0.455 e. The van der Waals surface area contributed by atoms with E-state index < -0.39 is 0 Å². The zero-order valence-electron chi connectivity index (χ0n) is 10.3. The summed E-state index contributed by atoms with van der Waals surface area (Å²) < 4.78 is 6.77. The van der Waals surface area contributed by atoms with Crippen molar-refractivity contribution >= 4 is 15.9 Å². The minimum absolute atomic E-state index is 0.667. The second-order valence-electron chi connectivity index (χ2n) is 4.58. The highest BCUT2D eigenvalue weighted by molar-refractivity contribution is 9.10. The number of ether oxygens (including phenoxy) is 1. The molecule has 0 saturated heterocycles. The molecule has 3 rings (SSSR count). The van der Waals surface area contributed by atoms with E-state index in [1.165, 1.54) is 12.8 Å². The quantitative estimate of drug-likeness (QED) is 0.918. The summed E-state index contributed by atoms with van der Waals surface area (Å²) >= 11 is 3.38. The number of hydrogen-bond acceptors (Lipinski definition) is 4. The third-order valence-corrected chi connectivity index (χ3v) is 3.36. The van der Waals surface area contributed by atoms with E-state index in [0.29, 0.717) is 11.8 Å². The molecule has 1 aliphatic carbocycles. The molecular formula is C14H14BrN3O. The van der Waals surface area contributed by atoms with Crippen molar-refractivity contribution in [1.29, 1.82) is 0 Å². The Bertz CT molecular complexity index is 572. The Morgan fingerprint density at radius 1 is 1.26 bits per heavy atom. The van der Waals surface area contributed by atoms with Crippen LogP contribution >= 0.6 is 15.9 Å². The third-order valence-electron chi connectivity index (χ3n) is 2.92. The smallest absolute Gasteiger partial charge is 0.146 e. The Balaban J connectivity index is 1.75. The van der Waals surface area contributed by atoms with Crippen molar-refractivity contribution < 1.29 is 4.74 Å². The lowest BCUT2D eigenvalue weighted by Gasteiger charge is -2.11. The van der Waals surface area contributed by atoms with Gasteiger partial charge in [-0.05, 0) is 40.9 Å². The number of aromatic nitrogens is 2. The monoisotopic (exact) mass is 319 g/mol. The van der Waals surface area contributed by atoms with E-state index in [1.807, 2.05) is 18.3 Å². The highest BCUT2D eigenvalue weighted by Crippen LogP contribution is 2.27. The van der Waals surface area contributed by atoms with Crippen LogP contribution in [0, 0.1) is 0 Å². The van der Waals surface area contributed by atoms with Crippen molar-refractivity contribution in [2.45, 2.75) is 25.4 Å². The van der Waals surface area contributed by atoms with Gasteiger partial charge in [0.25, 0.3) is 0 Å². The first-order valence-electron chi connectivity index (χ1n) is 6.26. The van der Waals surface area contributed by atoms with Gasteiger partial charge in [-0.2, -0.15) is 0 Å². The predicted octanol–water partition coefficient (Wildman–Crippen LogP) is 3.28. The minimum atomic E-state index is 0.667. The summed E-state index contributed by atoms with van der Waals surface area (Å²) in [4.78, 5) is 8.25. The number of pyridine rings is 2. The van der Waals surface area contributed by atoms with E-state index in [0.717, 1.165) is 22.3 Å². The number of hydrogen-bond donors (Lipinski definition) is 1. The fourth-order valence-corrected chi connectivity index (χ4v) is 2.11. The standard InChI is InChI=1S/C14H14BrN3O/c15-11-5-13(9-17-8-11)19-14-3-4-16-6-10(14)7-18-12-1-2-12/h3-6,8-9,12,18H,1-2,7H2. The van der Waals surface area contributed by atoms with Gasteiger partial charge in [0.1, 0.15) is 11.5 Å². The molecule has 0 unspecified atom stereocenters. The lowest BCUT2D eigenvalue weighted by Crippen LogP contribution is -2.15. The molecule has 2 aromatic heterocycles. The van der Waals surface area contributed by atoms with Gasteiger partial charge in [-0.3, -0.25) is 9.97 Å². The maximum absolute atomic E-state index is 5.87. The summed E-state index contributed by atoms with van der Waals surface area (Å²) in [5.41, 5.74) is 1.06. The van der Waals surface area contributed by atoms with Gasteiger partial charge >= 0.3 is 0 Å². The van der Waals surface area contributed by atoms with E-state index in [9.17, 15) is 0 Å². The van der Waals surface area contributed by atoms with Crippen LogP contribution in [-0.2, 0) is 6.54 Å². The normalized spacial score (nSPS) is 14.4. The minimum Gasteiger partial charge on any atom is -0.455 e. The first kappa shape index (κ1) is 12.6. The zero-order chi connectivity index (χ0) is 13.1. The molecule has 0 aromatic carbocycles. The van der Waals surface area contributed by atoms with Gasteiger partial charge in [-0.15, -0.1) is 0 Å². The number of nitrogens with zero attached hydrogens (tertiary/aromatic N) is 2. The Morgan fingerprint density at radius 3 is 2.95 bits per heavy atom. The molecule has 0 amide bonds. The van der Waals surface area contributed by atoms with Crippen molar-refractivity contribution in [3.63, 3.8) is 0 Å². The van der Waals surface area contributed by atoms with Crippen LogP contribution in [-0.4, -0.2) is 16.0 Å². The average molecular weight is 320 g/mol. The molecule has 0 radical (unpaired) electrons. The van der Waals surface area contributed by atoms with Crippen LogP contribution in [0.4, 0.5) is 0 Å². The van der Waals surface area contributed by atoms with Crippen molar-refractivity contribution in [3.8, 4) is 11.5 Å². The zero-order valence-corrected chi connectivity index (χ0v) is 11.9. The molecule has 4 nitrogen and oxygen atoms in total. The molecule has 0 aliphatic heterocycles. The van der Waals surface area contributed by atoms with E-state index in [1.54, 1.807) is 18.6 Å². The number of halogens is 1. The van der Waals surface area contributed by atoms with Crippen LogP contribution < -0.4 is 10.1 Å². The van der Waals surface area contributed by atoms with Crippen LogP contribution in [0.3, 0.4) is 0 Å². The van der Waals surface area contributed by atoms with Crippen LogP contribution in [0.25, 0.3) is 0 Å². The molecule has 98 valence electrons. The van der Waals surface area contributed by atoms with E-state index >= 15 is 0 Å². The predicted molar refractivity (Wildman–Crippen MR) is 76.1 cm³/mol. The summed E-state index contributed by atoms with van der Waals surface area (Å²) in [7, 11) is 0. The fourth-order valence-electron chi connectivity index (χ4n) is 1.76. The van der Waals surface area contributed by atoms with Gasteiger partial charge in [-0.25, -0.2) is 0 Å². The average Bonchev–Trinajstić information content (AvgIpc) is 3.22. The molecule has 1 fully saturated rings. The van der Waals surface area contributed by atoms with Crippen LogP contribution in [0.1, 0.15) is 18.4 Å². The van der Waals surface area contributed by atoms with E-state index in [2.05, 4.69) is 31.2 Å². The molecular weight excluding hydrogens is 306 g/mol. The van der Waals surface area contributed by atoms with Crippen molar-refractivity contribution in [2.75, 3.05) is 0 Å². The molecule has 2 heterocycles. The van der Waals surface area contributed by atoms with Crippen LogP contribution in [0.2, 0.25) is 0 Å². The molecule has 2 aromatic rings. The SMILES string of the molecule is Brc1cncc(Oc2ccncc2CNC2CC2)c1. The fraction of sp³-hybridized carbons (Fsp3) is 0.286. The number of nitrogens with one attached hydrogen (secondary N) is 1. The summed E-state index contributed by atoms with van der Waals surface area (Å²) in [6.07, 6.45) is 9.55. The van der Waals surface area contributed by atoms with Crippen LogP contribution in [0.5, 0.6) is 11.5 Å². The summed E-state index contributed by atoms with van der Waals surface area (Å²) in [5.74, 6) is 1.54. The van der Waals surface area contributed by atoms with Gasteiger partial charge in [-0.1, -0.05) is 0 Å². The van der Waals surface area contributed by atoms with Crippen molar-refractivity contribution in [3.05, 3.63) is 47.0 Å². The van der Waals surface area contributed by atoms with Gasteiger partial charge in [0.15, 0.2) is 0 Å². The Morgan fingerprint density at radius 2 is 2.16 bits per heavy atom. The van der Waals surface area contributed by atoms with E-state index in [4.69, 9.17) is 4.74 Å². The second-order valence-corrected chi connectivity index (χ2v) is 5.50. The number of rotatable bonds is 5. The molecule has 0 bridgehead atoms. The summed E-state index contributed by atoms with van der Waals surface area (Å²) in [6.45, 7) is 0.787. The topological polar surface area (TPSA) is 47.0 Å². The molecule has 19 heavy (non-hydrogen) atoms. The van der Waals surface area contributed by atoms with Crippen molar-refractivity contribution in [1.82, 2.24) is 15.3 Å². The Kier molecular flexibility index (Phi) is 3.75. The molecule has 1 saturated carbocycles. The van der Waals surface area contributed by atoms with Gasteiger partial charge in [0.05, 0.1) is 6.20 Å². The molecule has 1 aliphatic rings. The maximum atomic E-state index is 5.87. The van der Waals surface area contributed by atoms with E-state index in [-0.39, 0.29) is 0 Å². The van der Waals surface area contributed by atoms with Gasteiger partial charge in [0.2, 0.25) is 0 Å². The Labute approximate surface area is 120 Å². The Hall–Kier alpha value is -1.46. The van der Waals surface area contributed by atoms with Gasteiger partial charge in [0, 0.05) is 41.2 Å². The first-order valence-corrected chi connectivity index (χ1v) is 7.05. The molecule has 1 N–H and O–H groups in total. The lowest BCUT2D eigenvalue weighted by atomic mass is 10.2. The maximum Gasteiger partial charge on any atom is 0.146 e. The lowest BCUT2D eigenvalue weighted by molar-refractivity contribution is 0.469. The third kappa shape index (κ3) is 3.52. The molecule has 0 spiro atoms. The molecule has 0 atom stereocenters. The van der Waals surface area contributed by atoms with Crippen LogP contribution in [0.15, 0.2) is 41.4 Å². The highest BCUT2D eigenvalue weighted by Gasteiger charge is 2.20. The molecule has 5 heteroatoms. The summed E-state index contributed by atoms with van der Waals surface area (Å²) in [6, 6.07) is 4.44. The summed E-state index contributed by atoms with van der Waals surface area (Å²) in [5, 5.41) is 3.47. The highest BCUT2D eigenvalue weighted by atomic mass is 79.9. The first-order chi connectivity index (χ1) is 9.31. The second kappa shape index (κ2) is 5.67. The van der Waals surface area contributed by atoms with Gasteiger partial charge < -0.3 is 10.1 Å².